The lowest BCUT2D eigenvalue weighted by molar-refractivity contribution is 0.102. The number of benzene rings is 2. The zero-order valence-electron chi connectivity index (χ0n) is 13.8. The molecule has 0 aliphatic carbocycles. The van der Waals surface area contributed by atoms with Gasteiger partial charge >= 0.3 is 0 Å². The van der Waals surface area contributed by atoms with Crippen LogP contribution in [-0.4, -0.2) is 26.7 Å². The Morgan fingerprint density at radius 2 is 1.70 bits per heavy atom. The Labute approximate surface area is 136 Å². The largest absolute Gasteiger partial charge is 0.496 e. The van der Waals surface area contributed by atoms with E-state index in [1.165, 1.54) is 14.2 Å². The highest BCUT2D eigenvalue weighted by Crippen LogP contribution is 2.29. The summed E-state index contributed by atoms with van der Waals surface area (Å²) in [7, 11) is 3.04. The molecule has 1 N–H and O–H groups in total. The fourth-order valence-corrected chi connectivity index (χ4v) is 2.31. The van der Waals surface area contributed by atoms with Gasteiger partial charge in [-0.25, -0.2) is 0 Å². The van der Waals surface area contributed by atoms with E-state index in [1.807, 2.05) is 26.0 Å². The highest BCUT2D eigenvalue weighted by atomic mass is 16.5. The van der Waals surface area contributed by atoms with Crippen LogP contribution in [0.5, 0.6) is 17.2 Å². The molecule has 122 valence electrons. The molecule has 5 heteroatoms. The van der Waals surface area contributed by atoms with Gasteiger partial charge in [0, 0.05) is 5.69 Å². The average molecular weight is 315 g/mol. The molecule has 23 heavy (non-hydrogen) atoms. The second kappa shape index (κ2) is 7.54. The van der Waals surface area contributed by atoms with Crippen molar-refractivity contribution in [3.05, 3.63) is 47.5 Å². The summed E-state index contributed by atoms with van der Waals surface area (Å²) in [6.07, 6.45) is 0. The van der Waals surface area contributed by atoms with Gasteiger partial charge in [0.15, 0.2) is 0 Å². The molecule has 0 heterocycles. The van der Waals surface area contributed by atoms with Crippen LogP contribution in [0.25, 0.3) is 0 Å². The number of nitrogens with one attached hydrogen (secondary N) is 1. The van der Waals surface area contributed by atoms with Gasteiger partial charge in [-0.3, -0.25) is 4.79 Å². The minimum Gasteiger partial charge on any atom is -0.496 e. The molecule has 0 saturated carbocycles. The number of anilines is 1. The van der Waals surface area contributed by atoms with Crippen LogP contribution in [0, 0.1) is 6.92 Å². The van der Waals surface area contributed by atoms with E-state index in [4.69, 9.17) is 14.2 Å². The molecule has 0 atom stereocenters. The summed E-state index contributed by atoms with van der Waals surface area (Å²) in [4.78, 5) is 12.6. The molecule has 0 bridgehead atoms. The summed E-state index contributed by atoms with van der Waals surface area (Å²) in [6.45, 7) is 4.47. The summed E-state index contributed by atoms with van der Waals surface area (Å²) < 4.78 is 16.0. The lowest BCUT2D eigenvalue weighted by Gasteiger charge is -2.14. The number of ether oxygens (including phenoxy) is 3. The maximum absolute atomic E-state index is 12.6. The fourth-order valence-electron chi connectivity index (χ4n) is 2.31. The number of hydrogen-bond acceptors (Lipinski definition) is 4. The van der Waals surface area contributed by atoms with Gasteiger partial charge in [0.1, 0.15) is 22.8 Å². The minimum atomic E-state index is -0.289. The Bertz CT molecular complexity index is 675. The summed E-state index contributed by atoms with van der Waals surface area (Å²) in [5.41, 5.74) is 2.00. The van der Waals surface area contributed by atoms with Crippen molar-refractivity contribution in [2.45, 2.75) is 13.8 Å². The Morgan fingerprint density at radius 1 is 1.04 bits per heavy atom. The van der Waals surface area contributed by atoms with Crippen molar-refractivity contribution < 1.29 is 19.0 Å². The molecule has 1 amide bonds. The van der Waals surface area contributed by atoms with Crippen LogP contribution in [0.1, 0.15) is 22.8 Å². The normalized spacial score (nSPS) is 10.1. The molecule has 0 aliphatic rings. The molecule has 5 nitrogen and oxygen atoms in total. The van der Waals surface area contributed by atoms with Gasteiger partial charge in [-0.15, -0.1) is 0 Å². The first-order chi connectivity index (χ1) is 11.1. The fraction of sp³-hybridized carbons (Fsp3) is 0.278. The highest BCUT2D eigenvalue weighted by Gasteiger charge is 2.18. The number of hydrogen-bond donors (Lipinski definition) is 1. The molecule has 2 aromatic rings. The number of carbonyl (C=O) groups is 1. The first-order valence-electron chi connectivity index (χ1n) is 7.36. The van der Waals surface area contributed by atoms with Crippen molar-refractivity contribution in [1.29, 1.82) is 0 Å². The van der Waals surface area contributed by atoms with Gasteiger partial charge in [0.2, 0.25) is 0 Å². The third kappa shape index (κ3) is 3.74. The van der Waals surface area contributed by atoms with Gasteiger partial charge < -0.3 is 19.5 Å². The van der Waals surface area contributed by atoms with Crippen LogP contribution < -0.4 is 19.5 Å². The lowest BCUT2D eigenvalue weighted by Crippen LogP contribution is -2.14. The van der Waals surface area contributed by atoms with Gasteiger partial charge in [-0.1, -0.05) is 6.07 Å². The van der Waals surface area contributed by atoms with Crippen molar-refractivity contribution in [3.8, 4) is 17.2 Å². The predicted octanol–water partition coefficient (Wildman–Crippen LogP) is 3.66. The molecule has 0 aliphatic heterocycles. The zero-order chi connectivity index (χ0) is 16.8. The number of aryl methyl sites for hydroxylation is 1. The third-order valence-electron chi connectivity index (χ3n) is 3.39. The quantitative estimate of drug-likeness (QED) is 0.884. The summed E-state index contributed by atoms with van der Waals surface area (Å²) >= 11 is 0. The molecule has 2 aromatic carbocycles. The highest BCUT2D eigenvalue weighted by molar-refractivity contribution is 6.08. The van der Waals surface area contributed by atoms with Crippen molar-refractivity contribution in [2.75, 3.05) is 26.1 Å². The molecule has 0 unspecified atom stereocenters. The van der Waals surface area contributed by atoms with Gasteiger partial charge in [0.05, 0.1) is 20.8 Å². The second-order valence-electron chi connectivity index (χ2n) is 4.90. The Morgan fingerprint density at radius 3 is 2.22 bits per heavy atom. The maximum atomic E-state index is 12.6. The number of amides is 1. The molecule has 0 saturated heterocycles. The van der Waals surface area contributed by atoms with E-state index in [9.17, 15) is 4.79 Å². The smallest absolute Gasteiger partial charge is 0.263 e. The number of methoxy groups -OCH3 is 2. The molecule has 0 radical (unpaired) electrons. The predicted molar refractivity (Wildman–Crippen MR) is 89.8 cm³/mol. The maximum Gasteiger partial charge on any atom is 0.263 e. The van der Waals surface area contributed by atoms with E-state index in [1.54, 1.807) is 24.3 Å². The molecule has 2 rings (SSSR count). The van der Waals surface area contributed by atoms with Crippen molar-refractivity contribution >= 4 is 11.6 Å². The Balaban J connectivity index is 2.27. The van der Waals surface area contributed by atoms with E-state index in [0.29, 0.717) is 29.4 Å². The van der Waals surface area contributed by atoms with Gasteiger partial charge in [0.25, 0.3) is 5.91 Å². The van der Waals surface area contributed by atoms with Crippen LogP contribution in [0.15, 0.2) is 36.4 Å². The second-order valence-corrected chi connectivity index (χ2v) is 4.90. The standard InChI is InChI=1S/C18H21NO4/c1-5-23-14-10-9-13(11-12(14)2)19-18(20)17-15(21-3)7-6-8-16(17)22-4/h6-11H,5H2,1-4H3,(H,19,20). The molecular formula is C18H21NO4. The van der Waals surface area contributed by atoms with Crippen LogP contribution in [0.4, 0.5) is 5.69 Å². The Kier molecular flexibility index (Phi) is 5.46. The van der Waals surface area contributed by atoms with Gasteiger partial charge in [-0.05, 0) is 49.7 Å². The van der Waals surface area contributed by atoms with Crippen LogP contribution in [-0.2, 0) is 0 Å². The van der Waals surface area contributed by atoms with Crippen molar-refractivity contribution in [1.82, 2.24) is 0 Å². The lowest BCUT2D eigenvalue weighted by atomic mass is 10.1. The van der Waals surface area contributed by atoms with Crippen LogP contribution in [0.2, 0.25) is 0 Å². The van der Waals surface area contributed by atoms with Crippen LogP contribution in [0.3, 0.4) is 0 Å². The zero-order valence-corrected chi connectivity index (χ0v) is 13.8. The first kappa shape index (κ1) is 16.7. The van der Waals surface area contributed by atoms with E-state index < -0.39 is 0 Å². The third-order valence-corrected chi connectivity index (χ3v) is 3.39. The average Bonchev–Trinajstić information content (AvgIpc) is 2.56. The molecular weight excluding hydrogens is 294 g/mol. The van der Waals surface area contributed by atoms with E-state index in [-0.39, 0.29) is 5.91 Å². The summed E-state index contributed by atoms with van der Waals surface area (Å²) in [6, 6.07) is 10.7. The number of rotatable bonds is 6. The van der Waals surface area contributed by atoms with Crippen LogP contribution >= 0.6 is 0 Å². The monoisotopic (exact) mass is 315 g/mol. The van der Waals surface area contributed by atoms with E-state index >= 15 is 0 Å². The Hall–Kier alpha value is -2.69. The van der Waals surface area contributed by atoms with Gasteiger partial charge in [-0.2, -0.15) is 0 Å². The molecule has 0 spiro atoms. The van der Waals surface area contributed by atoms with Crippen molar-refractivity contribution in [3.63, 3.8) is 0 Å². The summed E-state index contributed by atoms with van der Waals surface area (Å²) in [5.74, 6) is 1.44. The van der Waals surface area contributed by atoms with E-state index in [2.05, 4.69) is 5.32 Å². The molecule has 0 fully saturated rings. The summed E-state index contributed by atoms with van der Waals surface area (Å²) in [5, 5.41) is 2.86. The first-order valence-corrected chi connectivity index (χ1v) is 7.36. The minimum absolute atomic E-state index is 0.289. The SMILES string of the molecule is CCOc1ccc(NC(=O)c2c(OC)cccc2OC)cc1C. The van der Waals surface area contributed by atoms with E-state index in [0.717, 1.165) is 11.3 Å². The van der Waals surface area contributed by atoms with Crippen molar-refractivity contribution in [2.24, 2.45) is 0 Å². The number of carbonyl (C=O) groups excluding carboxylic acids is 1. The topological polar surface area (TPSA) is 56.8 Å². The molecule has 0 aromatic heterocycles.